The molecule has 1 saturated heterocycles. The standard InChI is InChI=1S/C14H22N4O2S2/c1-2-12(20)18(10-5-6-10)13-15-17(14(21)22-13)9-16-7-3-4-11(19)8-16/h10-11,19H,2-9H2,1H3/t11-/m0/s1. The molecule has 2 aliphatic rings. The molecular weight excluding hydrogens is 320 g/mol. The van der Waals surface area contributed by atoms with Crippen molar-refractivity contribution in [1.82, 2.24) is 14.7 Å². The van der Waals surface area contributed by atoms with Crippen LogP contribution in [0, 0.1) is 3.95 Å². The van der Waals surface area contributed by atoms with Gasteiger partial charge in [0.05, 0.1) is 12.8 Å². The third kappa shape index (κ3) is 3.56. The topological polar surface area (TPSA) is 61.6 Å². The number of β-amino-alcohol motifs (C(OH)–C–C–N with tert-alkyl or cyclic N) is 1. The number of hydrogen-bond donors (Lipinski definition) is 1. The molecule has 1 aromatic rings. The Morgan fingerprint density at radius 1 is 1.50 bits per heavy atom. The highest BCUT2D eigenvalue weighted by Gasteiger charge is 2.35. The number of rotatable bonds is 5. The number of hydrogen-bond acceptors (Lipinski definition) is 6. The summed E-state index contributed by atoms with van der Waals surface area (Å²) in [6.45, 7) is 4.08. The monoisotopic (exact) mass is 342 g/mol. The van der Waals surface area contributed by atoms with Crippen molar-refractivity contribution in [1.29, 1.82) is 0 Å². The minimum absolute atomic E-state index is 0.117. The Kier molecular flexibility index (Phi) is 4.91. The second-order valence-electron chi connectivity index (χ2n) is 6.01. The molecule has 0 spiro atoms. The van der Waals surface area contributed by atoms with E-state index in [2.05, 4.69) is 10.00 Å². The van der Waals surface area contributed by atoms with Crippen molar-refractivity contribution in [2.45, 2.75) is 57.8 Å². The maximum Gasteiger partial charge on any atom is 0.228 e. The first kappa shape index (κ1) is 16.0. The predicted octanol–water partition coefficient (Wildman–Crippen LogP) is 1.99. The van der Waals surface area contributed by atoms with Crippen LogP contribution in [0.15, 0.2) is 0 Å². The van der Waals surface area contributed by atoms with E-state index >= 15 is 0 Å². The molecule has 1 atom stereocenters. The summed E-state index contributed by atoms with van der Waals surface area (Å²) in [6.07, 6.45) is 4.19. The number of aliphatic hydroxyl groups excluding tert-OH is 1. The van der Waals surface area contributed by atoms with Crippen molar-refractivity contribution in [3.8, 4) is 0 Å². The molecule has 22 heavy (non-hydrogen) atoms. The maximum atomic E-state index is 12.2. The minimum Gasteiger partial charge on any atom is -0.392 e. The summed E-state index contributed by atoms with van der Waals surface area (Å²) in [4.78, 5) is 16.1. The van der Waals surface area contributed by atoms with E-state index in [-0.39, 0.29) is 12.0 Å². The summed E-state index contributed by atoms with van der Waals surface area (Å²) in [7, 11) is 0. The van der Waals surface area contributed by atoms with Gasteiger partial charge in [-0.05, 0) is 37.9 Å². The number of aliphatic hydroxyl groups is 1. The highest BCUT2D eigenvalue weighted by atomic mass is 32.1. The average Bonchev–Trinajstić information content (AvgIpc) is 3.25. The third-order valence-electron chi connectivity index (χ3n) is 4.10. The molecule has 2 fully saturated rings. The average molecular weight is 342 g/mol. The molecule has 0 aromatic carbocycles. The van der Waals surface area contributed by atoms with E-state index in [1.165, 1.54) is 11.3 Å². The van der Waals surface area contributed by atoms with Gasteiger partial charge in [0.2, 0.25) is 11.0 Å². The van der Waals surface area contributed by atoms with Crippen molar-refractivity contribution in [3.63, 3.8) is 0 Å². The fraction of sp³-hybridized carbons (Fsp3) is 0.786. The van der Waals surface area contributed by atoms with E-state index in [0.717, 1.165) is 37.4 Å². The first-order valence-corrected chi connectivity index (χ1v) is 9.11. The highest BCUT2D eigenvalue weighted by molar-refractivity contribution is 7.73. The second-order valence-corrected chi connectivity index (χ2v) is 7.61. The SMILES string of the molecule is CCC(=O)N(c1nn(CN2CCC[C@H](O)C2)c(=S)s1)C1CC1. The molecule has 8 heteroatoms. The lowest BCUT2D eigenvalue weighted by molar-refractivity contribution is -0.118. The summed E-state index contributed by atoms with van der Waals surface area (Å²) in [5, 5.41) is 15.1. The quantitative estimate of drug-likeness (QED) is 0.829. The van der Waals surface area contributed by atoms with E-state index in [1.54, 1.807) is 4.68 Å². The Morgan fingerprint density at radius 2 is 2.27 bits per heavy atom. The maximum absolute atomic E-state index is 12.2. The molecule has 1 amide bonds. The predicted molar refractivity (Wildman–Crippen MR) is 88.6 cm³/mol. The number of carbonyl (C=O) groups excluding carboxylic acids is 1. The minimum atomic E-state index is -0.259. The van der Waals surface area contributed by atoms with Crippen LogP contribution in [0.2, 0.25) is 0 Å². The molecule has 0 bridgehead atoms. The zero-order valence-electron chi connectivity index (χ0n) is 12.8. The molecular formula is C14H22N4O2S2. The molecule has 6 nitrogen and oxygen atoms in total. The molecule has 3 rings (SSSR count). The van der Waals surface area contributed by atoms with Crippen LogP contribution in [-0.2, 0) is 11.5 Å². The van der Waals surface area contributed by atoms with Crippen LogP contribution in [0.3, 0.4) is 0 Å². The van der Waals surface area contributed by atoms with Crippen molar-refractivity contribution in [2.75, 3.05) is 18.0 Å². The number of amides is 1. The zero-order valence-corrected chi connectivity index (χ0v) is 14.4. The number of aromatic nitrogens is 2. The van der Waals surface area contributed by atoms with Crippen LogP contribution in [0.5, 0.6) is 0 Å². The smallest absolute Gasteiger partial charge is 0.228 e. The van der Waals surface area contributed by atoms with Gasteiger partial charge in [0.15, 0.2) is 3.95 Å². The molecule has 1 aliphatic heterocycles. The van der Waals surface area contributed by atoms with Gasteiger partial charge in [-0.3, -0.25) is 14.6 Å². The lowest BCUT2D eigenvalue weighted by atomic mass is 10.1. The van der Waals surface area contributed by atoms with Crippen molar-refractivity contribution < 1.29 is 9.90 Å². The molecule has 1 aromatic heterocycles. The van der Waals surface area contributed by atoms with Crippen LogP contribution < -0.4 is 4.90 Å². The number of anilines is 1. The van der Waals surface area contributed by atoms with Gasteiger partial charge < -0.3 is 5.11 Å². The lowest BCUT2D eigenvalue weighted by Gasteiger charge is -2.29. The first-order valence-electron chi connectivity index (χ1n) is 7.89. The number of nitrogens with zero attached hydrogens (tertiary/aromatic N) is 4. The number of likely N-dealkylation sites (tertiary alicyclic amines) is 1. The third-order valence-corrected chi connectivity index (χ3v) is 5.41. The van der Waals surface area contributed by atoms with Gasteiger partial charge in [-0.25, -0.2) is 4.68 Å². The van der Waals surface area contributed by atoms with Gasteiger partial charge in [-0.2, -0.15) is 0 Å². The van der Waals surface area contributed by atoms with E-state index in [1.807, 2.05) is 11.8 Å². The summed E-state index contributed by atoms with van der Waals surface area (Å²) >= 11 is 6.82. The Labute approximate surface area is 139 Å². The molecule has 2 heterocycles. The fourth-order valence-corrected chi connectivity index (χ4v) is 3.97. The molecule has 0 unspecified atom stereocenters. The highest BCUT2D eigenvalue weighted by Crippen LogP contribution is 2.33. The fourth-order valence-electron chi connectivity index (χ4n) is 2.80. The van der Waals surface area contributed by atoms with E-state index in [9.17, 15) is 9.90 Å². The van der Waals surface area contributed by atoms with Crippen LogP contribution in [0.1, 0.15) is 39.0 Å². The number of piperidine rings is 1. The first-order chi connectivity index (χ1) is 10.6. The molecule has 0 radical (unpaired) electrons. The van der Waals surface area contributed by atoms with Gasteiger partial charge in [-0.15, -0.1) is 5.10 Å². The number of carbonyl (C=O) groups is 1. The van der Waals surface area contributed by atoms with Crippen molar-refractivity contribution >= 4 is 34.6 Å². The van der Waals surface area contributed by atoms with Crippen LogP contribution in [-0.4, -0.2) is 50.9 Å². The summed E-state index contributed by atoms with van der Waals surface area (Å²) in [5.74, 6) is 0.117. The largest absolute Gasteiger partial charge is 0.392 e. The van der Waals surface area contributed by atoms with Crippen LogP contribution >= 0.6 is 23.6 Å². The summed E-state index contributed by atoms with van der Waals surface area (Å²) in [5.41, 5.74) is 0. The Balaban J connectivity index is 1.75. The van der Waals surface area contributed by atoms with E-state index < -0.39 is 0 Å². The van der Waals surface area contributed by atoms with Gasteiger partial charge in [0.1, 0.15) is 0 Å². The molecule has 1 saturated carbocycles. The van der Waals surface area contributed by atoms with Gasteiger partial charge in [0, 0.05) is 25.6 Å². The Bertz CT molecular complexity index is 596. The second kappa shape index (κ2) is 6.74. The Morgan fingerprint density at radius 3 is 2.91 bits per heavy atom. The van der Waals surface area contributed by atoms with E-state index in [4.69, 9.17) is 12.2 Å². The van der Waals surface area contributed by atoms with E-state index in [0.29, 0.717) is 29.6 Å². The van der Waals surface area contributed by atoms with Crippen LogP contribution in [0.4, 0.5) is 5.13 Å². The van der Waals surface area contributed by atoms with Gasteiger partial charge in [-0.1, -0.05) is 18.3 Å². The van der Waals surface area contributed by atoms with Crippen molar-refractivity contribution in [3.05, 3.63) is 3.95 Å². The Hall–Kier alpha value is -0.830. The summed E-state index contributed by atoms with van der Waals surface area (Å²) in [6, 6.07) is 0.304. The zero-order chi connectivity index (χ0) is 15.7. The summed E-state index contributed by atoms with van der Waals surface area (Å²) < 4.78 is 2.47. The molecule has 1 aliphatic carbocycles. The van der Waals surface area contributed by atoms with Gasteiger partial charge in [0.25, 0.3) is 0 Å². The lowest BCUT2D eigenvalue weighted by Crippen LogP contribution is -2.39. The normalized spacial score (nSPS) is 22.7. The van der Waals surface area contributed by atoms with Crippen molar-refractivity contribution in [2.24, 2.45) is 0 Å². The molecule has 122 valence electrons. The molecule has 1 N–H and O–H groups in total. The van der Waals surface area contributed by atoms with Crippen LogP contribution in [0.25, 0.3) is 0 Å². The van der Waals surface area contributed by atoms with Gasteiger partial charge >= 0.3 is 0 Å².